The molecule has 3 rings (SSSR count). The molecule has 0 spiro atoms. The Morgan fingerprint density at radius 1 is 0.889 bits per heavy atom. The van der Waals surface area contributed by atoms with Crippen molar-refractivity contribution in [2.45, 2.75) is 6.54 Å². The molecule has 0 radical (unpaired) electrons. The van der Waals surface area contributed by atoms with Gasteiger partial charge in [0.2, 0.25) is 0 Å². The summed E-state index contributed by atoms with van der Waals surface area (Å²) < 4.78 is 0. The highest BCUT2D eigenvalue weighted by atomic mass is 14.9. The summed E-state index contributed by atoms with van der Waals surface area (Å²) in [6, 6.07) is 18.6. The lowest BCUT2D eigenvalue weighted by atomic mass is 10.1. The Morgan fingerprint density at radius 3 is 2.67 bits per heavy atom. The molecule has 18 heavy (non-hydrogen) atoms. The third kappa shape index (κ3) is 2.18. The van der Waals surface area contributed by atoms with Crippen LogP contribution in [0.25, 0.3) is 10.8 Å². The van der Waals surface area contributed by atoms with Crippen LogP contribution in [0, 0.1) is 0 Å². The zero-order chi connectivity index (χ0) is 12.2. The van der Waals surface area contributed by atoms with Gasteiger partial charge in [0.15, 0.2) is 0 Å². The van der Waals surface area contributed by atoms with Crippen LogP contribution < -0.4 is 5.32 Å². The molecule has 0 aliphatic rings. The molecule has 0 saturated carbocycles. The Hall–Kier alpha value is -2.35. The van der Waals surface area contributed by atoms with Gasteiger partial charge in [-0.15, -0.1) is 0 Å². The quantitative estimate of drug-likeness (QED) is 0.744. The Bertz CT molecular complexity index is 642. The summed E-state index contributed by atoms with van der Waals surface area (Å²) in [5.74, 6) is 0. The summed E-state index contributed by atoms with van der Waals surface area (Å²) in [6.45, 7) is 0.825. The van der Waals surface area contributed by atoms with E-state index in [2.05, 4.69) is 46.7 Å². The van der Waals surface area contributed by atoms with Crippen LogP contribution in [0.3, 0.4) is 0 Å². The van der Waals surface area contributed by atoms with Crippen molar-refractivity contribution in [1.29, 1.82) is 0 Å². The number of hydrogen-bond donors (Lipinski definition) is 1. The van der Waals surface area contributed by atoms with Crippen LogP contribution in [0.5, 0.6) is 0 Å². The van der Waals surface area contributed by atoms with Crippen molar-refractivity contribution >= 4 is 16.5 Å². The lowest BCUT2D eigenvalue weighted by Gasteiger charge is -2.09. The number of nitrogens with one attached hydrogen (secondary N) is 1. The van der Waals surface area contributed by atoms with Crippen LogP contribution in [0.15, 0.2) is 67.0 Å². The second-order valence-electron chi connectivity index (χ2n) is 4.23. The van der Waals surface area contributed by atoms with Gasteiger partial charge in [0.1, 0.15) is 0 Å². The number of fused-ring (bicyclic) bond motifs is 1. The van der Waals surface area contributed by atoms with Crippen molar-refractivity contribution in [1.82, 2.24) is 4.98 Å². The van der Waals surface area contributed by atoms with Gasteiger partial charge in [-0.2, -0.15) is 0 Å². The lowest BCUT2D eigenvalue weighted by molar-refractivity contribution is 1.17. The minimum Gasteiger partial charge on any atom is -0.381 e. The van der Waals surface area contributed by atoms with E-state index in [4.69, 9.17) is 0 Å². The van der Waals surface area contributed by atoms with E-state index >= 15 is 0 Å². The van der Waals surface area contributed by atoms with Gasteiger partial charge in [0.25, 0.3) is 0 Å². The number of benzene rings is 2. The molecular formula is C16H14N2. The van der Waals surface area contributed by atoms with Gasteiger partial charge < -0.3 is 5.32 Å². The highest BCUT2D eigenvalue weighted by Crippen LogP contribution is 2.18. The zero-order valence-corrected chi connectivity index (χ0v) is 10.0. The van der Waals surface area contributed by atoms with Gasteiger partial charge in [0, 0.05) is 30.0 Å². The van der Waals surface area contributed by atoms with Crippen molar-refractivity contribution in [2.75, 3.05) is 5.32 Å². The molecule has 0 atom stereocenters. The molecule has 0 unspecified atom stereocenters. The number of anilines is 1. The van der Waals surface area contributed by atoms with Crippen molar-refractivity contribution in [3.05, 3.63) is 72.6 Å². The first-order chi connectivity index (χ1) is 8.93. The number of rotatable bonds is 3. The maximum Gasteiger partial charge on any atom is 0.0406 e. The molecule has 3 aromatic rings. The lowest BCUT2D eigenvalue weighted by Crippen LogP contribution is -1.99. The summed E-state index contributed by atoms with van der Waals surface area (Å²) in [6.07, 6.45) is 3.75. The van der Waals surface area contributed by atoms with E-state index in [1.165, 1.54) is 16.3 Å². The molecule has 0 fully saturated rings. The summed E-state index contributed by atoms with van der Waals surface area (Å²) in [4.78, 5) is 4.15. The molecule has 0 aliphatic carbocycles. The Balaban J connectivity index is 1.87. The van der Waals surface area contributed by atoms with Crippen LogP contribution in [-0.4, -0.2) is 4.98 Å². The predicted octanol–water partition coefficient (Wildman–Crippen LogP) is 3.85. The topological polar surface area (TPSA) is 24.9 Å². The first-order valence-corrected chi connectivity index (χ1v) is 6.04. The van der Waals surface area contributed by atoms with Gasteiger partial charge in [0.05, 0.1) is 0 Å². The van der Waals surface area contributed by atoms with Crippen molar-refractivity contribution in [3.63, 3.8) is 0 Å². The molecule has 88 valence electrons. The van der Waals surface area contributed by atoms with Crippen molar-refractivity contribution in [2.24, 2.45) is 0 Å². The SMILES string of the molecule is c1ccc(NCc2cccc3cnccc23)cc1. The van der Waals surface area contributed by atoms with Gasteiger partial charge in [-0.25, -0.2) is 0 Å². The van der Waals surface area contributed by atoms with E-state index in [1.807, 2.05) is 30.6 Å². The van der Waals surface area contributed by atoms with Gasteiger partial charge in [-0.1, -0.05) is 36.4 Å². The molecule has 0 saturated heterocycles. The van der Waals surface area contributed by atoms with Gasteiger partial charge >= 0.3 is 0 Å². The Morgan fingerprint density at radius 2 is 1.78 bits per heavy atom. The molecule has 0 bridgehead atoms. The normalized spacial score (nSPS) is 10.4. The van der Waals surface area contributed by atoms with E-state index in [1.54, 1.807) is 0 Å². The van der Waals surface area contributed by atoms with E-state index in [9.17, 15) is 0 Å². The maximum absolute atomic E-state index is 4.15. The number of hydrogen-bond acceptors (Lipinski definition) is 2. The van der Waals surface area contributed by atoms with Crippen LogP contribution in [0.2, 0.25) is 0 Å². The monoisotopic (exact) mass is 234 g/mol. The zero-order valence-electron chi connectivity index (χ0n) is 10.0. The molecule has 1 heterocycles. The third-order valence-corrected chi connectivity index (χ3v) is 3.03. The molecule has 2 nitrogen and oxygen atoms in total. The third-order valence-electron chi connectivity index (χ3n) is 3.03. The minimum absolute atomic E-state index is 0.825. The van der Waals surface area contributed by atoms with Crippen LogP contribution >= 0.6 is 0 Å². The smallest absolute Gasteiger partial charge is 0.0406 e. The van der Waals surface area contributed by atoms with E-state index in [0.29, 0.717) is 0 Å². The summed E-state index contributed by atoms with van der Waals surface area (Å²) >= 11 is 0. The standard InChI is InChI=1S/C16H14N2/c1-2-7-15(8-3-1)18-12-14-6-4-5-13-11-17-10-9-16(13)14/h1-11,18H,12H2. The van der Waals surface area contributed by atoms with Crippen molar-refractivity contribution in [3.8, 4) is 0 Å². The van der Waals surface area contributed by atoms with Crippen LogP contribution in [0.4, 0.5) is 5.69 Å². The highest BCUT2D eigenvalue weighted by molar-refractivity contribution is 5.84. The number of nitrogens with zero attached hydrogens (tertiary/aromatic N) is 1. The average molecular weight is 234 g/mol. The number of para-hydroxylation sites is 1. The first kappa shape index (κ1) is 10.8. The summed E-state index contributed by atoms with van der Waals surface area (Å²) in [5.41, 5.74) is 2.43. The van der Waals surface area contributed by atoms with Gasteiger partial charge in [-0.3, -0.25) is 4.98 Å². The molecule has 1 N–H and O–H groups in total. The number of aromatic nitrogens is 1. The van der Waals surface area contributed by atoms with Crippen molar-refractivity contribution < 1.29 is 0 Å². The molecule has 2 aromatic carbocycles. The highest BCUT2D eigenvalue weighted by Gasteiger charge is 2.00. The van der Waals surface area contributed by atoms with Crippen LogP contribution in [0.1, 0.15) is 5.56 Å². The largest absolute Gasteiger partial charge is 0.381 e. The average Bonchev–Trinajstić information content (AvgIpc) is 2.46. The fourth-order valence-electron chi connectivity index (χ4n) is 2.10. The van der Waals surface area contributed by atoms with E-state index in [-0.39, 0.29) is 0 Å². The first-order valence-electron chi connectivity index (χ1n) is 6.04. The summed E-state index contributed by atoms with van der Waals surface area (Å²) in [5, 5.41) is 5.88. The summed E-state index contributed by atoms with van der Waals surface area (Å²) in [7, 11) is 0. The fourth-order valence-corrected chi connectivity index (χ4v) is 2.10. The Labute approximate surface area is 106 Å². The maximum atomic E-state index is 4.15. The Kier molecular flexibility index (Phi) is 2.92. The fraction of sp³-hybridized carbons (Fsp3) is 0.0625. The van der Waals surface area contributed by atoms with E-state index < -0.39 is 0 Å². The predicted molar refractivity (Wildman–Crippen MR) is 75.5 cm³/mol. The molecular weight excluding hydrogens is 220 g/mol. The van der Waals surface area contributed by atoms with E-state index in [0.717, 1.165) is 12.2 Å². The number of pyridine rings is 1. The second kappa shape index (κ2) is 4.88. The van der Waals surface area contributed by atoms with Gasteiger partial charge in [-0.05, 0) is 29.1 Å². The molecule has 2 heteroatoms. The molecule has 0 amide bonds. The van der Waals surface area contributed by atoms with Crippen LogP contribution in [-0.2, 0) is 6.54 Å². The molecule has 0 aliphatic heterocycles. The minimum atomic E-state index is 0.825. The second-order valence-corrected chi connectivity index (χ2v) is 4.23. The molecule has 1 aromatic heterocycles.